The highest BCUT2D eigenvalue weighted by atomic mass is 16.6. The Hall–Kier alpha value is -1.71. The first-order valence-corrected chi connectivity index (χ1v) is 6.55. The van der Waals surface area contributed by atoms with Crippen LogP contribution in [0.3, 0.4) is 0 Å². The number of nitrogens with zero attached hydrogens (tertiary/aromatic N) is 2. The summed E-state index contributed by atoms with van der Waals surface area (Å²) in [4.78, 5) is 15.6. The second kappa shape index (κ2) is 4.52. The largest absolute Gasteiger partial charge is 0.447 e. The van der Waals surface area contributed by atoms with E-state index in [1.54, 1.807) is 0 Å². The first-order valence-electron chi connectivity index (χ1n) is 6.55. The van der Waals surface area contributed by atoms with Crippen molar-refractivity contribution < 1.29 is 9.53 Å². The van der Waals surface area contributed by atoms with Gasteiger partial charge in [-0.3, -0.25) is 4.90 Å². The number of ether oxygens (including phenoxy) is 1. The second-order valence-electron chi connectivity index (χ2n) is 4.89. The molecule has 0 spiro atoms. The number of carbonyl (C=O) groups excluding carboxylic acids is 1. The number of anilines is 1. The number of hydrogen-bond donors (Lipinski definition) is 0. The minimum absolute atomic E-state index is 0.152. The van der Waals surface area contributed by atoms with Crippen molar-refractivity contribution in [2.45, 2.75) is 19.4 Å². The Labute approximate surface area is 107 Å². The fourth-order valence-corrected chi connectivity index (χ4v) is 2.67. The van der Waals surface area contributed by atoms with Crippen molar-refractivity contribution in [1.29, 1.82) is 0 Å². The third-order valence-corrected chi connectivity index (χ3v) is 3.83. The Bertz CT molecular complexity index is 444. The molecule has 1 atom stereocenters. The predicted molar refractivity (Wildman–Crippen MR) is 69.9 cm³/mol. The number of aryl methyl sites for hydroxylation is 1. The van der Waals surface area contributed by atoms with E-state index in [1.165, 1.54) is 11.3 Å². The van der Waals surface area contributed by atoms with E-state index in [9.17, 15) is 4.79 Å². The molecule has 2 saturated heterocycles. The number of benzene rings is 1. The van der Waals surface area contributed by atoms with Gasteiger partial charge in [0.2, 0.25) is 0 Å². The van der Waals surface area contributed by atoms with Gasteiger partial charge in [-0.2, -0.15) is 0 Å². The van der Waals surface area contributed by atoms with Gasteiger partial charge in [-0.15, -0.1) is 0 Å². The number of carbonyl (C=O) groups is 1. The zero-order valence-corrected chi connectivity index (χ0v) is 10.6. The van der Waals surface area contributed by atoms with Gasteiger partial charge < -0.3 is 9.64 Å². The molecule has 0 saturated carbocycles. The predicted octanol–water partition coefficient (Wildman–Crippen LogP) is 1.89. The molecule has 96 valence electrons. The average molecular weight is 246 g/mol. The summed E-state index contributed by atoms with van der Waals surface area (Å²) in [7, 11) is 0. The van der Waals surface area contributed by atoms with Crippen molar-refractivity contribution in [1.82, 2.24) is 4.90 Å². The molecular formula is C14H18N2O2. The van der Waals surface area contributed by atoms with Crippen LogP contribution in [0.4, 0.5) is 10.5 Å². The van der Waals surface area contributed by atoms with E-state index in [1.807, 2.05) is 4.90 Å². The fourth-order valence-electron chi connectivity index (χ4n) is 2.67. The molecule has 1 unspecified atom stereocenters. The number of cyclic esters (lactones) is 1. The van der Waals surface area contributed by atoms with Crippen LogP contribution < -0.4 is 4.90 Å². The fraction of sp³-hybridized carbons (Fsp3) is 0.500. The molecule has 0 bridgehead atoms. The molecule has 3 rings (SSSR count). The van der Waals surface area contributed by atoms with Crippen LogP contribution in [0.2, 0.25) is 0 Å². The molecule has 2 aliphatic heterocycles. The summed E-state index contributed by atoms with van der Waals surface area (Å²) in [5, 5.41) is 0. The van der Waals surface area contributed by atoms with Gasteiger partial charge >= 0.3 is 6.09 Å². The van der Waals surface area contributed by atoms with Gasteiger partial charge in [-0.25, -0.2) is 4.79 Å². The van der Waals surface area contributed by atoms with Gasteiger partial charge in [0, 0.05) is 25.3 Å². The Kier molecular flexibility index (Phi) is 2.86. The zero-order valence-electron chi connectivity index (χ0n) is 10.6. The van der Waals surface area contributed by atoms with Crippen molar-refractivity contribution >= 4 is 11.8 Å². The molecule has 2 fully saturated rings. The molecule has 0 aromatic heterocycles. The third kappa shape index (κ3) is 1.92. The van der Waals surface area contributed by atoms with Crippen molar-refractivity contribution in [3.8, 4) is 0 Å². The van der Waals surface area contributed by atoms with E-state index in [-0.39, 0.29) is 12.1 Å². The maximum atomic E-state index is 11.4. The van der Waals surface area contributed by atoms with Crippen LogP contribution in [0.1, 0.15) is 12.5 Å². The van der Waals surface area contributed by atoms with Crippen LogP contribution in [-0.4, -0.2) is 43.3 Å². The molecule has 1 aromatic rings. The summed E-state index contributed by atoms with van der Waals surface area (Å²) in [6, 6.07) is 8.92. The lowest BCUT2D eigenvalue weighted by molar-refractivity contribution is 0.157. The average Bonchev–Trinajstić information content (AvgIpc) is 2.80. The van der Waals surface area contributed by atoms with Crippen LogP contribution in [0.15, 0.2) is 24.3 Å². The highest BCUT2D eigenvalue weighted by Gasteiger charge is 2.37. The maximum Gasteiger partial charge on any atom is 0.410 e. The smallest absolute Gasteiger partial charge is 0.410 e. The molecule has 0 N–H and O–H groups in total. The van der Waals surface area contributed by atoms with Gasteiger partial charge in [0.15, 0.2) is 0 Å². The highest BCUT2D eigenvalue weighted by molar-refractivity contribution is 5.71. The van der Waals surface area contributed by atoms with Crippen LogP contribution >= 0.6 is 0 Å². The lowest BCUT2D eigenvalue weighted by Gasteiger charge is -2.36. The van der Waals surface area contributed by atoms with E-state index in [0.29, 0.717) is 6.61 Å². The second-order valence-corrected chi connectivity index (χ2v) is 4.89. The van der Waals surface area contributed by atoms with Crippen LogP contribution in [0.5, 0.6) is 0 Å². The lowest BCUT2D eigenvalue weighted by Crippen LogP contribution is -2.52. The maximum absolute atomic E-state index is 11.4. The van der Waals surface area contributed by atoms with Gasteiger partial charge in [-0.1, -0.05) is 19.1 Å². The standard InChI is InChI=1S/C14H18N2O2/c1-2-11-3-5-12(6-4-11)15-7-8-16-13(9-15)10-18-14(16)17/h3-6,13H,2,7-10H2,1H3. The molecule has 4 nitrogen and oxygen atoms in total. The molecular weight excluding hydrogens is 228 g/mol. The van der Waals surface area contributed by atoms with Gasteiger partial charge in [0.05, 0.1) is 6.04 Å². The SMILES string of the molecule is CCc1ccc(N2CCN3C(=O)OCC3C2)cc1. The van der Waals surface area contributed by atoms with E-state index >= 15 is 0 Å². The minimum atomic E-state index is -0.152. The molecule has 1 aromatic carbocycles. The summed E-state index contributed by atoms with van der Waals surface area (Å²) in [5.74, 6) is 0. The summed E-state index contributed by atoms with van der Waals surface area (Å²) in [6.07, 6.45) is 0.917. The number of rotatable bonds is 2. The molecule has 2 aliphatic rings. The number of hydrogen-bond acceptors (Lipinski definition) is 3. The summed E-state index contributed by atoms with van der Waals surface area (Å²) < 4.78 is 5.08. The molecule has 4 heteroatoms. The number of amides is 1. The first kappa shape index (κ1) is 11.4. The van der Waals surface area contributed by atoms with Crippen molar-refractivity contribution in [3.05, 3.63) is 29.8 Å². The Morgan fingerprint density at radius 3 is 2.78 bits per heavy atom. The van der Waals surface area contributed by atoms with E-state index in [4.69, 9.17) is 4.74 Å². The normalized spacial score (nSPS) is 22.9. The molecule has 0 aliphatic carbocycles. The van der Waals surface area contributed by atoms with E-state index in [0.717, 1.165) is 26.1 Å². The van der Waals surface area contributed by atoms with Gasteiger partial charge in [-0.05, 0) is 24.1 Å². The Balaban J connectivity index is 1.72. The van der Waals surface area contributed by atoms with Gasteiger partial charge in [0.1, 0.15) is 6.61 Å². The van der Waals surface area contributed by atoms with Crippen molar-refractivity contribution in [2.75, 3.05) is 31.1 Å². The van der Waals surface area contributed by atoms with E-state index < -0.39 is 0 Å². The molecule has 2 heterocycles. The minimum Gasteiger partial charge on any atom is -0.447 e. The highest BCUT2D eigenvalue weighted by Crippen LogP contribution is 2.23. The topological polar surface area (TPSA) is 32.8 Å². The lowest BCUT2D eigenvalue weighted by atomic mass is 10.1. The van der Waals surface area contributed by atoms with Gasteiger partial charge in [0.25, 0.3) is 0 Å². The van der Waals surface area contributed by atoms with Crippen LogP contribution in [0.25, 0.3) is 0 Å². The molecule has 18 heavy (non-hydrogen) atoms. The van der Waals surface area contributed by atoms with Crippen molar-refractivity contribution in [3.63, 3.8) is 0 Å². The number of piperazine rings is 1. The van der Waals surface area contributed by atoms with Crippen molar-refractivity contribution in [2.24, 2.45) is 0 Å². The van der Waals surface area contributed by atoms with Crippen LogP contribution in [-0.2, 0) is 11.2 Å². The number of fused-ring (bicyclic) bond motifs is 1. The summed E-state index contributed by atoms with van der Waals surface area (Å²) >= 11 is 0. The van der Waals surface area contributed by atoms with E-state index in [2.05, 4.69) is 36.1 Å². The monoisotopic (exact) mass is 246 g/mol. The van der Waals surface area contributed by atoms with Crippen LogP contribution in [0, 0.1) is 0 Å². The third-order valence-electron chi connectivity index (χ3n) is 3.83. The Morgan fingerprint density at radius 2 is 2.06 bits per heavy atom. The molecule has 0 radical (unpaired) electrons. The quantitative estimate of drug-likeness (QED) is 0.799. The molecule has 1 amide bonds. The first-order chi connectivity index (χ1) is 8.78. The Morgan fingerprint density at radius 1 is 1.28 bits per heavy atom. The summed E-state index contributed by atoms with van der Waals surface area (Å²) in [6.45, 7) is 5.21. The summed E-state index contributed by atoms with van der Waals surface area (Å²) in [5.41, 5.74) is 2.60. The zero-order chi connectivity index (χ0) is 12.5.